The molecule has 7 nitrogen and oxygen atoms in total. The molecule has 0 bridgehead atoms. The Morgan fingerprint density at radius 2 is 1.62 bits per heavy atom. The molecular formula is C18H18ClNO6. The molecule has 0 aliphatic carbocycles. The number of esters is 1. The van der Waals surface area contributed by atoms with Crippen LogP contribution in [0.3, 0.4) is 0 Å². The summed E-state index contributed by atoms with van der Waals surface area (Å²) < 4.78 is 20.6. The lowest BCUT2D eigenvalue weighted by molar-refractivity contribution is 0.0475. The average molecular weight is 380 g/mol. The number of anilines is 1. The number of nitrogens with two attached hydrogens (primary N) is 1. The van der Waals surface area contributed by atoms with Crippen LogP contribution in [0.2, 0.25) is 5.02 Å². The van der Waals surface area contributed by atoms with Crippen LogP contribution in [0.1, 0.15) is 20.7 Å². The number of ketones is 1. The molecule has 2 aromatic carbocycles. The number of carbonyl (C=O) groups excluding carboxylic acids is 2. The van der Waals surface area contributed by atoms with Crippen molar-refractivity contribution in [2.45, 2.75) is 0 Å². The summed E-state index contributed by atoms with van der Waals surface area (Å²) in [4.78, 5) is 24.5. The van der Waals surface area contributed by atoms with E-state index in [1.165, 1.54) is 51.7 Å². The van der Waals surface area contributed by atoms with Gasteiger partial charge in [0.25, 0.3) is 0 Å². The monoisotopic (exact) mass is 379 g/mol. The third kappa shape index (κ3) is 4.18. The van der Waals surface area contributed by atoms with E-state index in [9.17, 15) is 9.59 Å². The van der Waals surface area contributed by atoms with E-state index in [0.29, 0.717) is 22.3 Å². The highest BCUT2D eigenvalue weighted by atomic mass is 35.5. The second kappa shape index (κ2) is 8.44. The average Bonchev–Trinajstić information content (AvgIpc) is 2.64. The van der Waals surface area contributed by atoms with Crippen molar-refractivity contribution in [1.29, 1.82) is 0 Å². The molecular weight excluding hydrogens is 362 g/mol. The van der Waals surface area contributed by atoms with Crippen LogP contribution in [-0.4, -0.2) is 39.7 Å². The molecule has 0 saturated heterocycles. The summed E-state index contributed by atoms with van der Waals surface area (Å²) >= 11 is 5.79. The van der Waals surface area contributed by atoms with Gasteiger partial charge in [0, 0.05) is 16.3 Å². The molecule has 8 heteroatoms. The summed E-state index contributed by atoms with van der Waals surface area (Å²) in [6, 6.07) is 7.33. The Morgan fingerprint density at radius 1 is 1.00 bits per heavy atom. The van der Waals surface area contributed by atoms with Crippen LogP contribution in [0, 0.1) is 0 Å². The lowest BCUT2D eigenvalue weighted by Crippen LogP contribution is -2.15. The van der Waals surface area contributed by atoms with E-state index in [2.05, 4.69) is 0 Å². The fourth-order valence-electron chi connectivity index (χ4n) is 2.25. The number of benzene rings is 2. The van der Waals surface area contributed by atoms with Crippen LogP contribution in [0.15, 0.2) is 30.3 Å². The Labute approximate surface area is 155 Å². The first-order valence-electron chi connectivity index (χ1n) is 7.46. The zero-order chi connectivity index (χ0) is 19.3. The maximum absolute atomic E-state index is 12.4. The summed E-state index contributed by atoms with van der Waals surface area (Å²) in [7, 11) is 4.34. The molecule has 2 N–H and O–H groups in total. The second-order valence-electron chi connectivity index (χ2n) is 5.14. The zero-order valence-corrected chi connectivity index (χ0v) is 15.3. The molecule has 0 heterocycles. The quantitative estimate of drug-likeness (QED) is 0.448. The Morgan fingerprint density at radius 3 is 2.12 bits per heavy atom. The van der Waals surface area contributed by atoms with Gasteiger partial charge >= 0.3 is 5.97 Å². The van der Waals surface area contributed by atoms with Crippen LogP contribution < -0.4 is 19.9 Å². The van der Waals surface area contributed by atoms with Crippen molar-refractivity contribution in [2.24, 2.45) is 0 Å². The highest BCUT2D eigenvalue weighted by Crippen LogP contribution is 2.38. The molecule has 0 amide bonds. The van der Waals surface area contributed by atoms with E-state index >= 15 is 0 Å². The third-order valence-corrected chi connectivity index (χ3v) is 3.79. The van der Waals surface area contributed by atoms with Crippen LogP contribution in [-0.2, 0) is 4.74 Å². The number of nitrogen functional groups attached to an aromatic ring is 1. The van der Waals surface area contributed by atoms with Gasteiger partial charge in [0.05, 0.1) is 26.9 Å². The molecule has 0 unspecified atom stereocenters. The molecule has 0 atom stereocenters. The van der Waals surface area contributed by atoms with Gasteiger partial charge in [0.1, 0.15) is 0 Å². The summed E-state index contributed by atoms with van der Waals surface area (Å²) in [5, 5.41) is 0.396. The fourth-order valence-corrected chi connectivity index (χ4v) is 2.43. The first-order chi connectivity index (χ1) is 12.4. The van der Waals surface area contributed by atoms with Crippen molar-refractivity contribution in [2.75, 3.05) is 33.7 Å². The maximum atomic E-state index is 12.4. The smallest absolute Gasteiger partial charge is 0.340 e. The molecule has 0 aliphatic heterocycles. The van der Waals surface area contributed by atoms with Crippen LogP contribution in [0.25, 0.3) is 0 Å². The van der Waals surface area contributed by atoms with Gasteiger partial charge in [0.2, 0.25) is 11.5 Å². The molecule has 2 aromatic rings. The lowest BCUT2D eigenvalue weighted by atomic mass is 10.1. The standard InChI is InChI=1S/C18H18ClNO6/c1-23-15-6-10(7-16(24-2)17(15)25-3)14(21)9-26-18(22)12-5-4-11(19)8-13(12)20/h4-8H,9,20H2,1-3H3. The number of hydrogen-bond donors (Lipinski definition) is 1. The van der Waals surface area contributed by atoms with Crippen molar-refractivity contribution in [1.82, 2.24) is 0 Å². The number of carbonyl (C=O) groups is 2. The van der Waals surface area contributed by atoms with Crippen molar-refractivity contribution in [3.63, 3.8) is 0 Å². The Bertz CT molecular complexity index is 811. The SMILES string of the molecule is COc1cc(C(=O)COC(=O)c2ccc(Cl)cc2N)cc(OC)c1OC. The van der Waals surface area contributed by atoms with Crippen LogP contribution >= 0.6 is 11.6 Å². The number of Topliss-reactive ketones (excluding diaryl/α,β-unsaturated/α-hetero) is 1. The van der Waals surface area contributed by atoms with Crippen molar-refractivity contribution >= 4 is 29.0 Å². The summed E-state index contributed by atoms with van der Waals surface area (Å²) in [6.07, 6.45) is 0. The van der Waals surface area contributed by atoms with Crippen LogP contribution in [0.4, 0.5) is 5.69 Å². The minimum absolute atomic E-state index is 0.132. The minimum atomic E-state index is -0.722. The molecule has 0 fully saturated rings. The minimum Gasteiger partial charge on any atom is -0.493 e. The molecule has 0 spiro atoms. The van der Waals surface area contributed by atoms with Crippen LogP contribution in [0.5, 0.6) is 17.2 Å². The summed E-state index contributed by atoms with van der Waals surface area (Å²) in [5.74, 6) is -0.158. The molecule has 0 aromatic heterocycles. The van der Waals surface area contributed by atoms with Gasteiger partial charge in [-0.1, -0.05) is 11.6 Å². The van der Waals surface area contributed by atoms with Gasteiger partial charge in [-0.3, -0.25) is 4.79 Å². The van der Waals surface area contributed by atoms with Gasteiger partial charge in [-0.25, -0.2) is 4.79 Å². The van der Waals surface area contributed by atoms with E-state index in [1.54, 1.807) is 0 Å². The lowest BCUT2D eigenvalue weighted by Gasteiger charge is -2.13. The first-order valence-corrected chi connectivity index (χ1v) is 7.84. The predicted molar refractivity (Wildman–Crippen MR) is 96.6 cm³/mol. The highest BCUT2D eigenvalue weighted by molar-refractivity contribution is 6.31. The summed E-state index contributed by atoms with van der Waals surface area (Å²) in [5.41, 5.74) is 6.28. The Balaban J connectivity index is 2.16. The zero-order valence-electron chi connectivity index (χ0n) is 14.5. The number of ether oxygens (including phenoxy) is 4. The normalized spacial score (nSPS) is 10.2. The number of halogens is 1. The van der Waals surface area contributed by atoms with E-state index in [0.717, 1.165) is 0 Å². The Kier molecular flexibility index (Phi) is 6.30. The number of hydrogen-bond acceptors (Lipinski definition) is 7. The van der Waals surface area contributed by atoms with E-state index < -0.39 is 18.4 Å². The van der Waals surface area contributed by atoms with Crippen molar-refractivity contribution in [3.8, 4) is 17.2 Å². The molecule has 26 heavy (non-hydrogen) atoms. The topological polar surface area (TPSA) is 97.1 Å². The number of rotatable bonds is 7. The van der Waals surface area contributed by atoms with E-state index in [4.69, 9.17) is 36.3 Å². The second-order valence-corrected chi connectivity index (χ2v) is 5.58. The van der Waals surface area contributed by atoms with E-state index in [1.807, 2.05) is 0 Å². The van der Waals surface area contributed by atoms with E-state index in [-0.39, 0.29) is 16.8 Å². The van der Waals surface area contributed by atoms with Gasteiger partial charge < -0.3 is 24.7 Å². The Hall–Kier alpha value is -2.93. The molecule has 2 rings (SSSR count). The fraction of sp³-hybridized carbons (Fsp3) is 0.222. The van der Waals surface area contributed by atoms with Crippen molar-refractivity contribution in [3.05, 3.63) is 46.5 Å². The molecule has 0 aliphatic rings. The highest BCUT2D eigenvalue weighted by Gasteiger charge is 2.19. The molecule has 0 saturated carbocycles. The maximum Gasteiger partial charge on any atom is 0.340 e. The summed E-state index contributed by atoms with van der Waals surface area (Å²) in [6.45, 7) is -0.473. The predicted octanol–water partition coefficient (Wildman–Crippen LogP) is 2.99. The largest absolute Gasteiger partial charge is 0.493 e. The van der Waals surface area contributed by atoms with Gasteiger partial charge in [0.15, 0.2) is 18.1 Å². The molecule has 0 radical (unpaired) electrons. The first kappa shape index (κ1) is 19.4. The van der Waals surface area contributed by atoms with Crippen molar-refractivity contribution < 1.29 is 28.5 Å². The van der Waals surface area contributed by atoms with Gasteiger partial charge in [-0.2, -0.15) is 0 Å². The third-order valence-electron chi connectivity index (χ3n) is 3.55. The molecule has 138 valence electrons. The van der Waals surface area contributed by atoms with Gasteiger partial charge in [-0.15, -0.1) is 0 Å². The number of methoxy groups -OCH3 is 3. The van der Waals surface area contributed by atoms with Gasteiger partial charge in [-0.05, 0) is 30.3 Å².